The molecule has 222 valence electrons. The molecule has 1 aliphatic rings. The first-order valence-electron chi connectivity index (χ1n) is 13.6. The van der Waals surface area contributed by atoms with E-state index in [4.69, 9.17) is 40.3 Å². The predicted octanol–water partition coefficient (Wildman–Crippen LogP) is 3.61. The van der Waals surface area contributed by atoms with Crippen molar-refractivity contribution in [2.75, 3.05) is 58.4 Å². The Hall–Kier alpha value is -3.45. The third-order valence-electron chi connectivity index (χ3n) is 6.71. The Balaban J connectivity index is 1.70. The number of aryl methyl sites for hydroxylation is 2. The molecule has 1 saturated heterocycles. The Morgan fingerprint density at radius 2 is 2.10 bits per heavy atom. The zero-order chi connectivity index (χ0) is 29.5. The van der Waals surface area contributed by atoms with Crippen molar-refractivity contribution in [3.8, 4) is 28.4 Å². The highest BCUT2D eigenvalue weighted by Crippen LogP contribution is 2.36. The number of ether oxygens (including phenoxy) is 3. The summed E-state index contributed by atoms with van der Waals surface area (Å²) < 4.78 is 22.2. The molecule has 2 atom stereocenters. The van der Waals surface area contributed by atoms with Gasteiger partial charge in [-0.1, -0.05) is 16.8 Å². The number of anilines is 1. The smallest absolute Gasteiger partial charge is 0.410 e. The highest BCUT2D eigenvalue weighted by atomic mass is 35.5. The Kier molecular flexibility index (Phi) is 10.4. The van der Waals surface area contributed by atoms with Crippen molar-refractivity contribution in [2.45, 2.75) is 39.8 Å². The summed E-state index contributed by atoms with van der Waals surface area (Å²) in [6, 6.07) is 4.93. The van der Waals surface area contributed by atoms with E-state index < -0.39 is 6.10 Å². The maximum absolute atomic E-state index is 12.5. The number of aliphatic hydroxyl groups is 1. The van der Waals surface area contributed by atoms with Gasteiger partial charge in [0.2, 0.25) is 0 Å². The number of halogens is 1. The molecule has 1 fully saturated rings. The molecule has 1 amide bonds. The summed E-state index contributed by atoms with van der Waals surface area (Å²) in [5, 5.41) is 20.9. The zero-order valence-corrected chi connectivity index (χ0v) is 24.7. The predicted molar refractivity (Wildman–Crippen MR) is 154 cm³/mol. The van der Waals surface area contributed by atoms with Crippen LogP contribution in [0.5, 0.6) is 5.75 Å². The van der Waals surface area contributed by atoms with Crippen molar-refractivity contribution in [1.29, 1.82) is 0 Å². The van der Waals surface area contributed by atoms with Crippen LogP contribution < -0.4 is 15.4 Å². The first-order chi connectivity index (χ1) is 19.7. The van der Waals surface area contributed by atoms with E-state index in [0.717, 1.165) is 11.1 Å². The fourth-order valence-electron chi connectivity index (χ4n) is 4.61. The number of amides is 1. The van der Waals surface area contributed by atoms with Gasteiger partial charge >= 0.3 is 6.09 Å². The third-order valence-corrected chi connectivity index (χ3v) is 7.04. The minimum absolute atomic E-state index is 0.105. The molecule has 41 heavy (non-hydrogen) atoms. The number of nitrogens with one attached hydrogen (secondary N) is 2. The average Bonchev–Trinajstić information content (AvgIpc) is 3.29. The quantitative estimate of drug-likeness (QED) is 0.302. The number of benzene rings is 1. The molecule has 3 aromatic rings. The summed E-state index contributed by atoms with van der Waals surface area (Å²) in [5.41, 5.74) is 3.43. The number of hydrogen-bond donors (Lipinski definition) is 3. The first-order valence-corrected chi connectivity index (χ1v) is 13.9. The topological polar surface area (TPSA) is 144 Å². The van der Waals surface area contributed by atoms with Gasteiger partial charge in [-0.2, -0.15) is 0 Å². The van der Waals surface area contributed by atoms with Crippen molar-refractivity contribution in [3.05, 3.63) is 40.2 Å². The summed E-state index contributed by atoms with van der Waals surface area (Å²) in [6.07, 6.45) is -1.04. The number of carbonyl (C=O) groups excluding carboxylic acids is 1. The molecule has 1 aromatic carbocycles. The lowest BCUT2D eigenvalue weighted by Crippen LogP contribution is -2.52. The van der Waals surface area contributed by atoms with Gasteiger partial charge in [-0.25, -0.2) is 14.8 Å². The van der Waals surface area contributed by atoms with Crippen LogP contribution in [0.4, 0.5) is 10.6 Å². The van der Waals surface area contributed by atoms with Gasteiger partial charge in [0.25, 0.3) is 0 Å². The van der Waals surface area contributed by atoms with Gasteiger partial charge in [0.05, 0.1) is 47.8 Å². The normalized spacial score (nSPS) is 16.0. The summed E-state index contributed by atoms with van der Waals surface area (Å²) in [6.45, 7) is 9.81. The molecular weight excluding hydrogens is 552 g/mol. The Bertz CT molecular complexity index is 1330. The summed E-state index contributed by atoms with van der Waals surface area (Å²) in [4.78, 5) is 24.0. The van der Waals surface area contributed by atoms with Crippen LogP contribution in [-0.4, -0.2) is 96.5 Å². The monoisotopic (exact) mass is 588 g/mol. The van der Waals surface area contributed by atoms with Gasteiger partial charge in [0.15, 0.2) is 5.82 Å². The number of aromatic nitrogens is 3. The van der Waals surface area contributed by atoms with Crippen LogP contribution >= 0.6 is 11.6 Å². The molecule has 3 heterocycles. The first kappa shape index (κ1) is 30.5. The van der Waals surface area contributed by atoms with E-state index in [1.54, 1.807) is 37.1 Å². The Morgan fingerprint density at radius 1 is 1.29 bits per heavy atom. The van der Waals surface area contributed by atoms with Gasteiger partial charge < -0.3 is 34.5 Å². The fourth-order valence-corrected chi connectivity index (χ4v) is 4.81. The van der Waals surface area contributed by atoms with Gasteiger partial charge in [-0.05, 0) is 52.9 Å². The van der Waals surface area contributed by atoms with Crippen LogP contribution in [0, 0.1) is 20.8 Å². The lowest BCUT2D eigenvalue weighted by atomic mass is 10.0. The molecule has 2 aromatic heterocycles. The molecule has 12 nitrogen and oxygen atoms in total. The Morgan fingerprint density at radius 3 is 2.80 bits per heavy atom. The molecule has 0 saturated carbocycles. The summed E-state index contributed by atoms with van der Waals surface area (Å²) in [7, 11) is 1.76. The lowest BCUT2D eigenvalue weighted by molar-refractivity contribution is -0.00379. The van der Waals surface area contributed by atoms with Gasteiger partial charge in [-0.3, -0.25) is 4.90 Å². The summed E-state index contributed by atoms with van der Waals surface area (Å²) in [5.74, 6) is 2.06. The number of hydrogen-bond acceptors (Lipinski definition) is 11. The molecule has 0 unspecified atom stereocenters. The van der Waals surface area contributed by atoms with Crippen molar-refractivity contribution in [3.63, 3.8) is 0 Å². The van der Waals surface area contributed by atoms with E-state index in [-0.39, 0.29) is 18.7 Å². The van der Waals surface area contributed by atoms with Crippen LogP contribution in [0.2, 0.25) is 5.02 Å². The van der Waals surface area contributed by atoms with E-state index in [9.17, 15) is 9.90 Å². The minimum atomic E-state index is -0.672. The second-order valence-corrected chi connectivity index (χ2v) is 10.1. The molecule has 13 heteroatoms. The molecule has 3 N–H and O–H groups in total. The number of rotatable bonds is 11. The van der Waals surface area contributed by atoms with Gasteiger partial charge in [0, 0.05) is 30.8 Å². The van der Waals surface area contributed by atoms with Gasteiger partial charge in [-0.15, -0.1) is 0 Å². The van der Waals surface area contributed by atoms with E-state index in [1.807, 2.05) is 20.8 Å². The van der Waals surface area contributed by atoms with Crippen LogP contribution in [-0.2, 0) is 9.47 Å². The van der Waals surface area contributed by atoms with E-state index in [2.05, 4.69) is 15.8 Å². The van der Waals surface area contributed by atoms with Crippen molar-refractivity contribution in [1.82, 2.24) is 25.3 Å². The maximum Gasteiger partial charge on any atom is 0.410 e. The molecule has 0 spiro atoms. The number of aliphatic hydroxyl groups excluding tert-OH is 1. The zero-order valence-electron chi connectivity index (χ0n) is 24.0. The third kappa shape index (κ3) is 7.25. The van der Waals surface area contributed by atoms with Crippen LogP contribution in [0.15, 0.2) is 22.7 Å². The SMILES string of the molecule is CCOC(=O)N1CCOC[C@@H]1CNc1nc(-c2cc(OC[C@H](O)CNC)ccc2Cl)nc(-c2c(C)noc2C)c1C. The van der Waals surface area contributed by atoms with Crippen molar-refractivity contribution >= 4 is 23.5 Å². The van der Waals surface area contributed by atoms with E-state index in [1.165, 1.54) is 0 Å². The van der Waals surface area contributed by atoms with E-state index >= 15 is 0 Å². The molecular formula is C28H37ClN6O6. The molecule has 0 bridgehead atoms. The largest absolute Gasteiger partial charge is 0.491 e. The molecule has 0 aliphatic carbocycles. The van der Waals surface area contributed by atoms with E-state index in [0.29, 0.717) is 84.6 Å². The lowest BCUT2D eigenvalue weighted by Gasteiger charge is -2.35. The molecule has 4 rings (SSSR count). The highest BCUT2D eigenvalue weighted by molar-refractivity contribution is 6.33. The van der Waals surface area contributed by atoms with Crippen molar-refractivity contribution in [2.24, 2.45) is 0 Å². The average molecular weight is 589 g/mol. The van der Waals surface area contributed by atoms with Crippen LogP contribution in [0.1, 0.15) is 23.9 Å². The summed E-state index contributed by atoms with van der Waals surface area (Å²) >= 11 is 6.64. The fraction of sp³-hybridized carbons (Fsp3) is 0.500. The standard InChI is InChI=1S/C28H37ClN6O6/c1-6-39-28(37)35-9-10-38-14-19(35)12-31-26-16(2)25(24-17(3)34-41-18(24)4)32-27(33-26)22-11-21(7-8-23(22)29)40-15-20(36)13-30-5/h7-8,11,19-20,30,36H,6,9-10,12-15H2,1-5H3,(H,31,32,33)/t19-,20+/m0/s1. The highest BCUT2D eigenvalue weighted by Gasteiger charge is 2.29. The number of carbonyl (C=O) groups is 1. The minimum Gasteiger partial charge on any atom is -0.491 e. The molecule has 0 radical (unpaired) electrons. The number of nitrogens with zero attached hydrogens (tertiary/aromatic N) is 4. The van der Waals surface area contributed by atoms with Gasteiger partial charge in [0.1, 0.15) is 30.0 Å². The number of likely N-dealkylation sites (N-methyl/N-ethyl adjacent to an activating group) is 1. The molecule has 1 aliphatic heterocycles. The second kappa shape index (κ2) is 13.9. The van der Waals surface area contributed by atoms with Crippen LogP contribution in [0.25, 0.3) is 22.6 Å². The second-order valence-electron chi connectivity index (χ2n) is 9.73. The Labute approximate surface area is 244 Å². The van der Waals surface area contributed by atoms with Crippen molar-refractivity contribution < 1.29 is 28.6 Å². The van der Waals surface area contributed by atoms with Crippen LogP contribution in [0.3, 0.4) is 0 Å². The maximum atomic E-state index is 12.5. The number of morpholine rings is 1.